The topological polar surface area (TPSA) is 96.0 Å². The van der Waals surface area contributed by atoms with Crippen molar-refractivity contribution < 1.29 is 22.7 Å². The zero-order valence-electron chi connectivity index (χ0n) is 24.3. The van der Waals surface area contributed by atoms with Crippen molar-refractivity contribution >= 4 is 39.1 Å². The minimum atomic E-state index is -4.25. The molecule has 0 aliphatic heterocycles. The molecule has 0 fully saturated rings. The van der Waals surface area contributed by atoms with Crippen molar-refractivity contribution in [1.82, 2.24) is 10.2 Å². The zero-order valence-corrected chi connectivity index (χ0v) is 25.9. The standard InChI is InChI=1S/C31H38ClN3O5S/c1-7-26(30(37)33-31(3,4)5)34(20-23-13-11-12-22(2)18-23)29(36)21-35(27-19-24(32)16-17-28(27)40-6)41(38,39)25-14-9-8-10-15-25/h8-19,26H,7,20-21H2,1-6H3,(H,33,37)/t26-/m1/s1. The molecule has 0 saturated carbocycles. The highest BCUT2D eigenvalue weighted by molar-refractivity contribution is 7.92. The van der Waals surface area contributed by atoms with Crippen LogP contribution in [-0.4, -0.2) is 50.4 Å². The molecule has 0 spiro atoms. The van der Waals surface area contributed by atoms with Gasteiger partial charge in [-0.05, 0) is 70.0 Å². The number of nitrogens with zero attached hydrogens (tertiary/aromatic N) is 2. The van der Waals surface area contributed by atoms with Crippen LogP contribution in [0.5, 0.6) is 5.75 Å². The van der Waals surface area contributed by atoms with Crippen LogP contribution in [-0.2, 0) is 26.2 Å². The Balaban J connectivity index is 2.13. The summed E-state index contributed by atoms with van der Waals surface area (Å²) >= 11 is 6.29. The number of benzene rings is 3. The average molecular weight is 600 g/mol. The van der Waals surface area contributed by atoms with Crippen molar-refractivity contribution in [3.8, 4) is 5.75 Å². The van der Waals surface area contributed by atoms with Gasteiger partial charge in [0, 0.05) is 17.1 Å². The Labute approximate surface area is 248 Å². The molecular weight excluding hydrogens is 562 g/mol. The fraction of sp³-hybridized carbons (Fsp3) is 0.355. The van der Waals surface area contributed by atoms with Gasteiger partial charge in [0.1, 0.15) is 18.3 Å². The molecule has 3 rings (SSSR count). The van der Waals surface area contributed by atoms with Crippen LogP contribution in [0.2, 0.25) is 5.02 Å². The fourth-order valence-electron chi connectivity index (χ4n) is 4.47. The Morgan fingerprint density at radius 2 is 1.68 bits per heavy atom. The van der Waals surface area contributed by atoms with E-state index in [-0.39, 0.29) is 33.8 Å². The van der Waals surface area contributed by atoms with E-state index in [0.717, 1.165) is 15.4 Å². The van der Waals surface area contributed by atoms with Gasteiger partial charge in [-0.3, -0.25) is 13.9 Å². The first-order valence-corrected chi connectivity index (χ1v) is 15.2. The van der Waals surface area contributed by atoms with E-state index in [1.54, 1.807) is 30.3 Å². The summed E-state index contributed by atoms with van der Waals surface area (Å²) in [5.74, 6) is -0.646. The molecular formula is C31H38ClN3O5S. The normalized spacial score (nSPS) is 12.4. The van der Waals surface area contributed by atoms with Gasteiger partial charge in [-0.1, -0.05) is 66.6 Å². The van der Waals surface area contributed by atoms with Crippen molar-refractivity contribution in [2.75, 3.05) is 18.0 Å². The molecule has 41 heavy (non-hydrogen) atoms. The van der Waals surface area contributed by atoms with Crippen LogP contribution in [0.25, 0.3) is 0 Å². The molecule has 1 atom stereocenters. The summed E-state index contributed by atoms with van der Waals surface area (Å²) < 4.78 is 34.5. The van der Waals surface area contributed by atoms with E-state index in [1.807, 2.05) is 58.9 Å². The molecule has 8 nitrogen and oxygen atoms in total. The number of ether oxygens (including phenoxy) is 1. The minimum Gasteiger partial charge on any atom is -0.495 e. The maximum atomic E-state index is 14.2. The summed E-state index contributed by atoms with van der Waals surface area (Å²) in [6, 6.07) is 19.2. The molecule has 1 N–H and O–H groups in total. The molecule has 0 unspecified atom stereocenters. The van der Waals surface area contributed by atoms with Crippen LogP contribution >= 0.6 is 11.6 Å². The zero-order chi connectivity index (χ0) is 30.4. The largest absolute Gasteiger partial charge is 0.495 e. The molecule has 2 amide bonds. The van der Waals surface area contributed by atoms with E-state index in [9.17, 15) is 18.0 Å². The highest BCUT2D eigenvalue weighted by atomic mass is 35.5. The van der Waals surface area contributed by atoms with Crippen LogP contribution < -0.4 is 14.4 Å². The van der Waals surface area contributed by atoms with Crippen LogP contribution in [0.4, 0.5) is 5.69 Å². The number of methoxy groups -OCH3 is 1. The maximum absolute atomic E-state index is 14.2. The highest BCUT2D eigenvalue weighted by Gasteiger charge is 2.35. The Morgan fingerprint density at radius 3 is 2.27 bits per heavy atom. The molecule has 3 aromatic carbocycles. The van der Waals surface area contributed by atoms with Crippen molar-refractivity contribution in [3.63, 3.8) is 0 Å². The number of aryl methyl sites for hydroxylation is 1. The van der Waals surface area contributed by atoms with Crippen LogP contribution in [0.15, 0.2) is 77.7 Å². The van der Waals surface area contributed by atoms with E-state index in [2.05, 4.69) is 5.32 Å². The van der Waals surface area contributed by atoms with Gasteiger partial charge in [-0.15, -0.1) is 0 Å². The number of sulfonamides is 1. The summed E-state index contributed by atoms with van der Waals surface area (Å²) in [6.45, 7) is 8.89. The molecule has 0 saturated heterocycles. The van der Waals surface area contributed by atoms with E-state index >= 15 is 0 Å². The van der Waals surface area contributed by atoms with Crippen LogP contribution in [0, 0.1) is 6.92 Å². The van der Waals surface area contributed by atoms with Gasteiger partial charge in [0.25, 0.3) is 10.0 Å². The first-order valence-electron chi connectivity index (χ1n) is 13.3. The third-order valence-electron chi connectivity index (χ3n) is 6.34. The van der Waals surface area contributed by atoms with Crippen LogP contribution in [0.1, 0.15) is 45.2 Å². The quantitative estimate of drug-likeness (QED) is 0.311. The van der Waals surface area contributed by atoms with E-state index < -0.39 is 34.1 Å². The number of hydrogen-bond acceptors (Lipinski definition) is 5. The number of halogens is 1. The highest BCUT2D eigenvalue weighted by Crippen LogP contribution is 2.35. The molecule has 0 heterocycles. The van der Waals surface area contributed by atoms with E-state index in [1.165, 1.54) is 30.2 Å². The van der Waals surface area contributed by atoms with Gasteiger partial charge in [0.2, 0.25) is 11.8 Å². The Kier molecular flexibility index (Phi) is 10.4. The fourth-order valence-corrected chi connectivity index (χ4v) is 6.07. The Morgan fingerprint density at radius 1 is 1.00 bits per heavy atom. The van der Waals surface area contributed by atoms with Gasteiger partial charge >= 0.3 is 0 Å². The van der Waals surface area contributed by atoms with Crippen LogP contribution in [0.3, 0.4) is 0 Å². The number of carbonyl (C=O) groups excluding carboxylic acids is 2. The average Bonchev–Trinajstić information content (AvgIpc) is 2.91. The van der Waals surface area contributed by atoms with Gasteiger partial charge in [0.15, 0.2) is 0 Å². The molecule has 0 aliphatic carbocycles. The Hall–Kier alpha value is -3.56. The lowest BCUT2D eigenvalue weighted by atomic mass is 10.0. The number of rotatable bonds is 11. The lowest BCUT2D eigenvalue weighted by Gasteiger charge is -2.35. The lowest BCUT2D eigenvalue weighted by Crippen LogP contribution is -2.55. The predicted molar refractivity (Wildman–Crippen MR) is 163 cm³/mol. The second-order valence-corrected chi connectivity index (χ2v) is 13.1. The SMILES string of the molecule is CC[C@H](C(=O)NC(C)(C)C)N(Cc1cccc(C)c1)C(=O)CN(c1cc(Cl)ccc1OC)S(=O)(=O)c1ccccc1. The third kappa shape index (κ3) is 8.24. The summed E-state index contributed by atoms with van der Waals surface area (Å²) in [5.41, 5.74) is 1.40. The second-order valence-electron chi connectivity index (χ2n) is 10.8. The molecule has 10 heteroatoms. The first-order chi connectivity index (χ1) is 19.3. The smallest absolute Gasteiger partial charge is 0.264 e. The predicted octanol–water partition coefficient (Wildman–Crippen LogP) is 5.57. The number of hydrogen-bond donors (Lipinski definition) is 1. The summed E-state index contributed by atoms with van der Waals surface area (Å²) in [6.07, 6.45) is 0.325. The molecule has 0 radical (unpaired) electrons. The Bertz CT molecular complexity index is 1470. The maximum Gasteiger partial charge on any atom is 0.264 e. The van der Waals surface area contributed by atoms with Gasteiger partial charge < -0.3 is 15.0 Å². The summed E-state index contributed by atoms with van der Waals surface area (Å²) in [7, 11) is -2.83. The van der Waals surface area contributed by atoms with Crippen molar-refractivity contribution in [2.45, 2.75) is 64.1 Å². The van der Waals surface area contributed by atoms with Gasteiger partial charge in [-0.2, -0.15) is 0 Å². The molecule has 0 aliphatic rings. The first kappa shape index (κ1) is 32.0. The van der Waals surface area contributed by atoms with Crippen molar-refractivity contribution in [3.05, 3.63) is 88.9 Å². The van der Waals surface area contributed by atoms with E-state index in [4.69, 9.17) is 16.3 Å². The number of anilines is 1. The lowest BCUT2D eigenvalue weighted by molar-refractivity contribution is -0.141. The minimum absolute atomic E-state index is 0.00224. The number of carbonyl (C=O) groups is 2. The third-order valence-corrected chi connectivity index (χ3v) is 8.35. The van der Waals surface area contributed by atoms with E-state index in [0.29, 0.717) is 6.42 Å². The summed E-state index contributed by atoms with van der Waals surface area (Å²) in [4.78, 5) is 29.1. The molecule has 0 aromatic heterocycles. The van der Waals surface area contributed by atoms with Crippen molar-refractivity contribution in [2.24, 2.45) is 0 Å². The molecule has 3 aromatic rings. The molecule has 0 bridgehead atoms. The number of nitrogens with one attached hydrogen (secondary N) is 1. The molecule has 220 valence electrons. The summed E-state index contributed by atoms with van der Waals surface area (Å²) in [5, 5.41) is 3.24. The number of amides is 2. The monoisotopic (exact) mass is 599 g/mol. The van der Waals surface area contributed by atoms with Gasteiger partial charge in [0.05, 0.1) is 17.7 Å². The second kappa shape index (κ2) is 13.4. The van der Waals surface area contributed by atoms with Crippen molar-refractivity contribution in [1.29, 1.82) is 0 Å². The van der Waals surface area contributed by atoms with Gasteiger partial charge in [-0.25, -0.2) is 8.42 Å².